The lowest BCUT2D eigenvalue weighted by atomic mass is 9.97. The van der Waals surface area contributed by atoms with Crippen molar-refractivity contribution >= 4 is 0 Å². The predicted octanol–water partition coefficient (Wildman–Crippen LogP) is 1.66. The van der Waals surface area contributed by atoms with Crippen LogP contribution in [0.3, 0.4) is 0 Å². The van der Waals surface area contributed by atoms with Gasteiger partial charge in [0.05, 0.1) is 12.7 Å². The molecule has 3 heteroatoms. The number of hydrogen-bond donors (Lipinski definition) is 1. The zero-order valence-corrected chi connectivity index (χ0v) is 8.22. The summed E-state index contributed by atoms with van der Waals surface area (Å²) >= 11 is 0. The molecule has 0 amide bonds. The van der Waals surface area contributed by atoms with Gasteiger partial charge in [0.1, 0.15) is 5.82 Å². The average molecular weight is 195 g/mol. The van der Waals surface area contributed by atoms with E-state index < -0.39 is 0 Å². The normalized spacial score (nSPS) is 20.6. The smallest absolute Gasteiger partial charge is 0.129 e. The van der Waals surface area contributed by atoms with Crippen LogP contribution in [0.5, 0.6) is 0 Å². The van der Waals surface area contributed by atoms with E-state index in [2.05, 4.69) is 5.32 Å². The van der Waals surface area contributed by atoms with E-state index in [0.29, 0.717) is 13.2 Å². The molecule has 0 fully saturated rings. The molecule has 0 saturated heterocycles. The van der Waals surface area contributed by atoms with Crippen LogP contribution in [0.2, 0.25) is 0 Å². The molecule has 0 saturated carbocycles. The first kappa shape index (κ1) is 9.62. The van der Waals surface area contributed by atoms with Crippen molar-refractivity contribution in [2.24, 2.45) is 0 Å². The highest BCUT2D eigenvalue weighted by Gasteiger charge is 2.23. The quantitative estimate of drug-likeness (QED) is 0.775. The Morgan fingerprint density at radius 2 is 2.43 bits per heavy atom. The molecule has 14 heavy (non-hydrogen) atoms. The lowest BCUT2D eigenvalue weighted by molar-refractivity contribution is 0.0410. The molecule has 1 aliphatic rings. The van der Waals surface area contributed by atoms with Gasteiger partial charge in [-0.1, -0.05) is 12.1 Å². The lowest BCUT2D eigenvalue weighted by Gasteiger charge is -2.26. The fourth-order valence-corrected chi connectivity index (χ4v) is 1.90. The highest BCUT2D eigenvalue weighted by Crippen LogP contribution is 2.28. The fourth-order valence-electron chi connectivity index (χ4n) is 1.90. The number of likely N-dealkylation sites (N-methyl/N-ethyl adjacent to an activating group) is 1. The van der Waals surface area contributed by atoms with Gasteiger partial charge in [-0.25, -0.2) is 4.39 Å². The third kappa shape index (κ3) is 1.65. The minimum atomic E-state index is -0.151. The Morgan fingerprint density at radius 1 is 1.57 bits per heavy atom. The number of rotatable bonds is 2. The van der Waals surface area contributed by atoms with Gasteiger partial charge >= 0.3 is 0 Å². The molecule has 0 unspecified atom stereocenters. The third-order valence-corrected chi connectivity index (χ3v) is 2.55. The molecule has 2 rings (SSSR count). The minimum absolute atomic E-state index is 0.134. The number of hydrogen-bond acceptors (Lipinski definition) is 2. The topological polar surface area (TPSA) is 21.3 Å². The van der Waals surface area contributed by atoms with Gasteiger partial charge in [0.15, 0.2) is 0 Å². The second-order valence-electron chi connectivity index (χ2n) is 3.48. The van der Waals surface area contributed by atoms with E-state index in [0.717, 1.165) is 17.5 Å². The Hall–Kier alpha value is -0.930. The van der Waals surface area contributed by atoms with Crippen LogP contribution in [0.25, 0.3) is 0 Å². The largest absolute Gasteiger partial charge is 0.372 e. The summed E-state index contributed by atoms with van der Waals surface area (Å²) in [6.45, 7) is 1.34. The van der Waals surface area contributed by atoms with Crippen LogP contribution in [0.1, 0.15) is 17.2 Å². The average Bonchev–Trinajstić information content (AvgIpc) is 2.19. The predicted molar refractivity (Wildman–Crippen MR) is 52.7 cm³/mol. The van der Waals surface area contributed by atoms with Gasteiger partial charge in [-0.15, -0.1) is 0 Å². The minimum Gasteiger partial charge on any atom is -0.372 e. The summed E-state index contributed by atoms with van der Waals surface area (Å²) in [5.74, 6) is -0.151. The lowest BCUT2D eigenvalue weighted by Crippen LogP contribution is -2.26. The van der Waals surface area contributed by atoms with Crippen LogP contribution in [0.4, 0.5) is 4.39 Å². The number of benzene rings is 1. The first-order chi connectivity index (χ1) is 6.83. The van der Waals surface area contributed by atoms with Crippen LogP contribution >= 0.6 is 0 Å². The monoisotopic (exact) mass is 195 g/mol. The molecule has 0 radical (unpaired) electrons. The van der Waals surface area contributed by atoms with Crippen LogP contribution in [0.15, 0.2) is 18.2 Å². The van der Waals surface area contributed by atoms with E-state index in [9.17, 15) is 4.39 Å². The Balaban J connectivity index is 2.36. The maximum Gasteiger partial charge on any atom is 0.129 e. The second-order valence-corrected chi connectivity index (χ2v) is 3.48. The van der Waals surface area contributed by atoms with Crippen LogP contribution in [-0.2, 0) is 11.2 Å². The van der Waals surface area contributed by atoms with Gasteiger partial charge in [-0.05, 0) is 25.1 Å². The molecule has 0 aliphatic carbocycles. The molecule has 0 bridgehead atoms. The zero-order valence-electron chi connectivity index (χ0n) is 8.22. The first-order valence-corrected chi connectivity index (χ1v) is 4.86. The number of halogens is 1. The summed E-state index contributed by atoms with van der Waals surface area (Å²) in [5, 5.41) is 3.01. The van der Waals surface area contributed by atoms with Crippen molar-refractivity contribution in [3.63, 3.8) is 0 Å². The van der Waals surface area contributed by atoms with Crippen molar-refractivity contribution in [1.82, 2.24) is 5.32 Å². The van der Waals surface area contributed by atoms with Crippen LogP contribution < -0.4 is 5.32 Å². The summed E-state index contributed by atoms with van der Waals surface area (Å²) in [6.07, 6.45) is 0.678. The summed E-state index contributed by atoms with van der Waals surface area (Å²) in [4.78, 5) is 0. The molecule has 1 aromatic carbocycles. The SMILES string of the molecule is CNC[C@H]1OCCc2cccc(F)c21. The molecule has 1 aromatic rings. The Kier molecular flexibility index (Phi) is 2.79. The number of nitrogens with one attached hydrogen (secondary N) is 1. The van der Waals surface area contributed by atoms with Crippen molar-refractivity contribution in [3.8, 4) is 0 Å². The zero-order chi connectivity index (χ0) is 9.97. The van der Waals surface area contributed by atoms with E-state index in [1.54, 1.807) is 6.07 Å². The van der Waals surface area contributed by atoms with Crippen LogP contribution in [-0.4, -0.2) is 20.2 Å². The standard InChI is InChI=1S/C11H14FNO/c1-13-7-10-11-8(5-6-14-10)3-2-4-9(11)12/h2-4,10,13H,5-7H2,1H3/t10-/m1/s1. The summed E-state index contributed by atoms with van der Waals surface area (Å²) < 4.78 is 19.1. The number of ether oxygens (including phenoxy) is 1. The summed E-state index contributed by atoms with van der Waals surface area (Å²) in [7, 11) is 1.85. The maximum atomic E-state index is 13.5. The molecule has 1 heterocycles. The third-order valence-electron chi connectivity index (χ3n) is 2.55. The molecule has 0 spiro atoms. The number of fused-ring (bicyclic) bond motifs is 1. The van der Waals surface area contributed by atoms with Crippen molar-refractivity contribution < 1.29 is 9.13 Å². The van der Waals surface area contributed by atoms with Gasteiger partial charge in [0, 0.05) is 12.1 Å². The molecule has 2 nitrogen and oxygen atoms in total. The van der Waals surface area contributed by atoms with Crippen LogP contribution in [0, 0.1) is 5.82 Å². The molecule has 0 aromatic heterocycles. The van der Waals surface area contributed by atoms with E-state index in [-0.39, 0.29) is 11.9 Å². The van der Waals surface area contributed by atoms with Gasteiger partial charge in [-0.2, -0.15) is 0 Å². The second kappa shape index (κ2) is 4.07. The van der Waals surface area contributed by atoms with Crippen molar-refractivity contribution in [3.05, 3.63) is 35.1 Å². The molecule has 1 atom stereocenters. The molecule has 76 valence electrons. The highest BCUT2D eigenvalue weighted by molar-refractivity contribution is 5.32. The molecular formula is C11H14FNO. The fraction of sp³-hybridized carbons (Fsp3) is 0.455. The van der Waals surface area contributed by atoms with E-state index in [1.165, 1.54) is 6.07 Å². The Labute approximate surface area is 83.1 Å². The van der Waals surface area contributed by atoms with E-state index in [1.807, 2.05) is 13.1 Å². The van der Waals surface area contributed by atoms with Gasteiger partial charge in [0.2, 0.25) is 0 Å². The van der Waals surface area contributed by atoms with Gasteiger partial charge in [-0.3, -0.25) is 0 Å². The molecule has 1 N–H and O–H groups in total. The molecular weight excluding hydrogens is 181 g/mol. The van der Waals surface area contributed by atoms with E-state index >= 15 is 0 Å². The van der Waals surface area contributed by atoms with Crippen molar-refractivity contribution in [1.29, 1.82) is 0 Å². The summed E-state index contributed by atoms with van der Waals surface area (Å²) in [6, 6.07) is 5.23. The van der Waals surface area contributed by atoms with E-state index in [4.69, 9.17) is 4.74 Å². The molecule has 1 aliphatic heterocycles. The van der Waals surface area contributed by atoms with Gasteiger partial charge in [0.25, 0.3) is 0 Å². The van der Waals surface area contributed by atoms with Crippen molar-refractivity contribution in [2.75, 3.05) is 20.2 Å². The Bertz CT molecular complexity index is 327. The highest BCUT2D eigenvalue weighted by atomic mass is 19.1. The first-order valence-electron chi connectivity index (χ1n) is 4.86. The van der Waals surface area contributed by atoms with Crippen molar-refractivity contribution in [2.45, 2.75) is 12.5 Å². The maximum absolute atomic E-state index is 13.5. The van der Waals surface area contributed by atoms with Gasteiger partial charge < -0.3 is 10.1 Å². The Morgan fingerprint density at radius 3 is 3.21 bits per heavy atom. The summed E-state index contributed by atoms with van der Waals surface area (Å²) in [5.41, 5.74) is 1.81.